The topological polar surface area (TPSA) is 132 Å². The second-order valence-corrected chi connectivity index (χ2v) is 10.8. The third-order valence-corrected chi connectivity index (χ3v) is 8.04. The second kappa shape index (κ2) is 13.5. The number of carbonyl (C=O) groups excluding carboxylic acids is 1. The molecule has 0 bridgehead atoms. The molecule has 10 nitrogen and oxygen atoms in total. The standard InChI is InChI=1S/C36H33N3O7/c1-44-28-19-17-27(18-20-28)36(25-13-7-3-8-14-25,26-15-9-4-10-16-26)45-23-29-31(40)32(41)34(46-29)39-22-21-30(38-35(39)43)37-33(42)24-11-5-2-6-12-24/h2-22,29,31-32,34,40-41H,23H2,1H3,(H,37,38,42,43)/t29-,31-,32-,34-/m0/s1. The third kappa shape index (κ3) is 6.07. The highest BCUT2D eigenvalue weighted by Gasteiger charge is 2.46. The maximum atomic E-state index is 13.0. The lowest BCUT2D eigenvalue weighted by Crippen LogP contribution is -2.39. The quantitative estimate of drug-likeness (QED) is 0.199. The first-order chi connectivity index (χ1) is 22.4. The molecule has 5 aromatic rings. The number of benzene rings is 4. The van der Waals surface area contributed by atoms with Gasteiger partial charge in [-0.1, -0.05) is 91.0 Å². The van der Waals surface area contributed by atoms with E-state index in [-0.39, 0.29) is 12.4 Å². The first kappa shape index (κ1) is 30.9. The average Bonchev–Trinajstić information content (AvgIpc) is 3.39. The van der Waals surface area contributed by atoms with Crippen molar-refractivity contribution in [1.82, 2.24) is 9.55 Å². The van der Waals surface area contributed by atoms with Crippen molar-refractivity contribution in [3.8, 4) is 5.75 Å². The van der Waals surface area contributed by atoms with E-state index in [0.29, 0.717) is 11.3 Å². The van der Waals surface area contributed by atoms with Gasteiger partial charge < -0.3 is 29.7 Å². The van der Waals surface area contributed by atoms with E-state index < -0.39 is 41.7 Å². The van der Waals surface area contributed by atoms with Gasteiger partial charge in [0.25, 0.3) is 5.91 Å². The largest absolute Gasteiger partial charge is 0.497 e. The maximum absolute atomic E-state index is 13.0. The van der Waals surface area contributed by atoms with Crippen LogP contribution >= 0.6 is 0 Å². The summed E-state index contributed by atoms with van der Waals surface area (Å²) < 4.78 is 19.3. The summed E-state index contributed by atoms with van der Waals surface area (Å²) in [5.74, 6) is 0.300. The van der Waals surface area contributed by atoms with Gasteiger partial charge in [-0.05, 0) is 47.0 Å². The van der Waals surface area contributed by atoms with Crippen molar-refractivity contribution in [2.75, 3.05) is 19.0 Å². The Balaban J connectivity index is 1.27. The normalized spacial score (nSPS) is 19.5. The van der Waals surface area contributed by atoms with Crippen LogP contribution in [0.2, 0.25) is 0 Å². The summed E-state index contributed by atoms with van der Waals surface area (Å²) >= 11 is 0. The number of nitrogens with one attached hydrogen (secondary N) is 1. The van der Waals surface area contributed by atoms with Gasteiger partial charge in [0, 0.05) is 11.8 Å². The Morgan fingerprint density at radius 1 is 0.826 bits per heavy atom. The van der Waals surface area contributed by atoms with Crippen LogP contribution in [-0.4, -0.2) is 57.7 Å². The lowest BCUT2D eigenvalue weighted by atomic mass is 9.80. The highest BCUT2D eigenvalue weighted by molar-refractivity contribution is 6.03. The molecule has 0 spiro atoms. The van der Waals surface area contributed by atoms with E-state index in [1.54, 1.807) is 37.4 Å². The number of anilines is 1. The number of hydrogen-bond acceptors (Lipinski definition) is 8. The smallest absolute Gasteiger partial charge is 0.351 e. The Morgan fingerprint density at radius 2 is 1.39 bits per heavy atom. The minimum Gasteiger partial charge on any atom is -0.497 e. The first-order valence-electron chi connectivity index (χ1n) is 14.8. The molecular formula is C36H33N3O7. The zero-order chi connectivity index (χ0) is 32.1. The molecule has 1 amide bonds. The molecule has 0 unspecified atom stereocenters. The number of ether oxygens (including phenoxy) is 3. The van der Waals surface area contributed by atoms with Crippen molar-refractivity contribution >= 4 is 11.7 Å². The molecule has 1 aliphatic rings. The van der Waals surface area contributed by atoms with Gasteiger partial charge in [-0.2, -0.15) is 4.98 Å². The molecule has 4 atom stereocenters. The van der Waals surface area contributed by atoms with Crippen LogP contribution in [0.25, 0.3) is 0 Å². The molecule has 1 fully saturated rings. The van der Waals surface area contributed by atoms with Gasteiger partial charge in [0.1, 0.15) is 35.5 Å². The summed E-state index contributed by atoms with van der Waals surface area (Å²) in [6.45, 7) is -0.141. The Kier molecular flexibility index (Phi) is 9.04. The van der Waals surface area contributed by atoms with Crippen molar-refractivity contribution in [2.45, 2.75) is 30.1 Å². The molecule has 234 valence electrons. The van der Waals surface area contributed by atoms with Crippen LogP contribution in [0.4, 0.5) is 5.82 Å². The number of hydrogen-bond donors (Lipinski definition) is 3. The second-order valence-electron chi connectivity index (χ2n) is 10.8. The summed E-state index contributed by atoms with van der Waals surface area (Å²) in [6, 6.07) is 36.9. The fraction of sp³-hybridized carbons (Fsp3) is 0.194. The maximum Gasteiger partial charge on any atom is 0.351 e. The summed E-state index contributed by atoms with van der Waals surface area (Å²) in [5, 5.41) is 24.7. The predicted molar refractivity (Wildman–Crippen MR) is 171 cm³/mol. The molecule has 1 saturated heterocycles. The number of aromatic nitrogens is 2. The van der Waals surface area contributed by atoms with Crippen molar-refractivity contribution in [3.63, 3.8) is 0 Å². The third-order valence-electron chi connectivity index (χ3n) is 8.04. The predicted octanol–water partition coefficient (Wildman–Crippen LogP) is 4.13. The zero-order valence-electron chi connectivity index (χ0n) is 25.0. The number of methoxy groups -OCH3 is 1. The summed E-state index contributed by atoms with van der Waals surface area (Å²) in [5.41, 5.74) is 0.992. The number of rotatable bonds is 10. The molecular weight excluding hydrogens is 586 g/mol. The van der Waals surface area contributed by atoms with Crippen LogP contribution < -0.4 is 15.7 Å². The van der Waals surface area contributed by atoms with Crippen LogP contribution in [0.15, 0.2) is 132 Å². The van der Waals surface area contributed by atoms with Crippen LogP contribution in [0, 0.1) is 0 Å². The lowest BCUT2D eigenvalue weighted by molar-refractivity contribution is -0.0958. The molecule has 0 saturated carbocycles. The van der Waals surface area contributed by atoms with Gasteiger partial charge in [0.05, 0.1) is 13.7 Å². The van der Waals surface area contributed by atoms with E-state index in [1.807, 2.05) is 84.9 Å². The number of carbonyl (C=O) groups is 1. The van der Waals surface area contributed by atoms with Crippen molar-refractivity contribution in [1.29, 1.82) is 0 Å². The molecule has 1 aliphatic heterocycles. The molecule has 10 heteroatoms. The molecule has 3 N–H and O–H groups in total. The lowest BCUT2D eigenvalue weighted by Gasteiger charge is -2.37. The monoisotopic (exact) mass is 619 g/mol. The van der Waals surface area contributed by atoms with Crippen LogP contribution in [-0.2, 0) is 15.1 Å². The Labute approximate surface area is 265 Å². The van der Waals surface area contributed by atoms with E-state index in [4.69, 9.17) is 14.2 Å². The van der Waals surface area contributed by atoms with Crippen molar-refractivity contribution in [2.24, 2.45) is 0 Å². The van der Waals surface area contributed by atoms with Crippen molar-refractivity contribution < 1.29 is 29.2 Å². The zero-order valence-corrected chi connectivity index (χ0v) is 25.0. The molecule has 0 aliphatic carbocycles. The van der Waals surface area contributed by atoms with Gasteiger partial charge in [0.2, 0.25) is 0 Å². The van der Waals surface area contributed by atoms with Gasteiger partial charge in [-0.3, -0.25) is 9.36 Å². The minimum absolute atomic E-state index is 0.0398. The number of nitrogens with zero attached hydrogens (tertiary/aromatic N) is 2. The molecule has 0 radical (unpaired) electrons. The Hall–Kier alpha value is -5.13. The minimum atomic E-state index is -1.46. The average molecular weight is 620 g/mol. The van der Waals surface area contributed by atoms with Gasteiger partial charge in [-0.25, -0.2) is 4.79 Å². The Morgan fingerprint density at radius 3 is 1.96 bits per heavy atom. The molecule has 6 rings (SSSR count). The van der Waals surface area contributed by atoms with E-state index in [1.165, 1.54) is 12.3 Å². The molecule has 4 aromatic carbocycles. The van der Waals surface area contributed by atoms with Crippen molar-refractivity contribution in [3.05, 3.63) is 160 Å². The van der Waals surface area contributed by atoms with Crippen LogP contribution in [0.5, 0.6) is 5.75 Å². The summed E-state index contributed by atoms with van der Waals surface area (Å²) in [4.78, 5) is 29.5. The Bertz CT molecular complexity index is 1780. The van der Waals surface area contributed by atoms with E-state index in [2.05, 4.69) is 10.3 Å². The summed E-state index contributed by atoms with van der Waals surface area (Å²) in [6.07, 6.45) is -3.73. The van der Waals surface area contributed by atoms with E-state index in [0.717, 1.165) is 21.3 Å². The molecule has 46 heavy (non-hydrogen) atoms. The molecule has 1 aromatic heterocycles. The fourth-order valence-corrected chi connectivity index (χ4v) is 5.68. The number of amides is 1. The highest BCUT2D eigenvalue weighted by Crippen LogP contribution is 2.42. The van der Waals surface area contributed by atoms with Crippen LogP contribution in [0.1, 0.15) is 33.3 Å². The molecule has 2 heterocycles. The van der Waals surface area contributed by atoms with Gasteiger partial charge in [-0.15, -0.1) is 0 Å². The number of aliphatic hydroxyl groups is 2. The summed E-state index contributed by atoms with van der Waals surface area (Å²) in [7, 11) is 1.60. The van der Waals surface area contributed by atoms with Gasteiger partial charge >= 0.3 is 5.69 Å². The van der Waals surface area contributed by atoms with E-state index in [9.17, 15) is 19.8 Å². The van der Waals surface area contributed by atoms with E-state index >= 15 is 0 Å². The fourth-order valence-electron chi connectivity index (χ4n) is 5.68. The first-order valence-corrected chi connectivity index (χ1v) is 14.8. The SMILES string of the molecule is COc1ccc(C(OC[C@@H]2O[C@H](n3ccc(NC(=O)c4ccccc4)nc3=O)[C@@H](O)[C@H]2O)(c2ccccc2)c2ccccc2)cc1. The highest BCUT2D eigenvalue weighted by atomic mass is 16.6. The van der Waals surface area contributed by atoms with Crippen LogP contribution in [0.3, 0.4) is 0 Å². The number of aliphatic hydroxyl groups excluding tert-OH is 2. The van der Waals surface area contributed by atoms with Gasteiger partial charge in [0.15, 0.2) is 6.23 Å².